The molecule has 4 aromatic carbocycles. The third-order valence-corrected chi connectivity index (χ3v) is 6.38. The molecule has 7 nitrogen and oxygen atoms in total. The SMILES string of the molecule is O=C(Cc1ccccc1)Oc1ccc(Br)cc1/C=N\NC(=O)c1ccc(NC(=O)c2ccc(Cl)cc2Cl)cc1. The van der Waals surface area contributed by atoms with E-state index < -0.39 is 17.8 Å². The average Bonchev–Trinajstić information content (AvgIpc) is 2.91. The number of carbonyl (C=O) groups excluding carboxylic acids is 3. The molecule has 4 rings (SSSR count). The van der Waals surface area contributed by atoms with Gasteiger partial charge in [-0.25, -0.2) is 5.43 Å². The molecule has 0 aliphatic rings. The van der Waals surface area contributed by atoms with Crippen LogP contribution in [0.25, 0.3) is 0 Å². The Morgan fingerprint density at radius 2 is 1.62 bits per heavy atom. The summed E-state index contributed by atoms with van der Waals surface area (Å²) in [6, 6.07) is 25.2. The van der Waals surface area contributed by atoms with E-state index in [1.165, 1.54) is 18.3 Å². The Bertz CT molecular complexity index is 1540. The second kappa shape index (κ2) is 13.2. The van der Waals surface area contributed by atoms with Gasteiger partial charge in [-0.2, -0.15) is 5.10 Å². The molecule has 0 saturated carbocycles. The maximum atomic E-state index is 12.6. The van der Waals surface area contributed by atoms with Crippen LogP contribution in [0.5, 0.6) is 5.75 Å². The lowest BCUT2D eigenvalue weighted by Crippen LogP contribution is -2.18. The Labute approximate surface area is 242 Å². The zero-order chi connectivity index (χ0) is 27.8. The summed E-state index contributed by atoms with van der Waals surface area (Å²) in [7, 11) is 0. The van der Waals surface area contributed by atoms with Crippen LogP contribution in [-0.2, 0) is 11.2 Å². The number of benzene rings is 4. The number of nitrogens with one attached hydrogen (secondary N) is 2. The third kappa shape index (κ3) is 8.00. The van der Waals surface area contributed by atoms with Crippen molar-refractivity contribution < 1.29 is 19.1 Å². The zero-order valence-electron chi connectivity index (χ0n) is 20.2. The van der Waals surface area contributed by atoms with Crippen LogP contribution in [-0.4, -0.2) is 24.0 Å². The number of hydrogen-bond acceptors (Lipinski definition) is 5. The van der Waals surface area contributed by atoms with Gasteiger partial charge in [0.2, 0.25) is 0 Å². The van der Waals surface area contributed by atoms with Crippen LogP contribution >= 0.6 is 39.1 Å². The molecular formula is C29H20BrCl2N3O4. The molecule has 0 radical (unpaired) electrons. The number of hydrogen-bond donors (Lipinski definition) is 2. The van der Waals surface area contributed by atoms with Crippen molar-refractivity contribution in [3.63, 3.8) is 0 Å². The summed E-state index contributed by atoms with van der Waals surface area (Å²) in [4.78, 5) is 37.4. The Morgan fingerprint density at radius 3 is 2.33 bits per heavy atom. The molecule has 0 spiro atoms. The lowest BCUT2D eigenvalue weighted by molar-refractivity contribution is -0.133. The summed E-state index contributed by atoms with van der Waals surface area (Å²) >= 11 is 15.3. The van der Waals surface area contributed by atoms with Crippen LogP contribution in [0.4, 0.5) is 5.69 Å². The topological polar surface area (TPSA) is 96.9 Å². The summed E-state index contributed by atoms with van der Waals surface area (Å²) in [5.74, 6) is -0.999. The van der Waals surface area contributed by atoms with Crippen molar-refractivity contribution in [3.05, 3.63) is 128 Å². The molecule has 39 heavy (non-hydrogen) atoms. The zero-order valence-corrected chi connectivity index (χ0v) is 23.3. The van der Waals surface area contributed by atoms with Gasteiger partial charge in [0.25, 0.3) is 11.8 Å². The van der Waals surface area contributed by atoms with Crippen LogP contribution < -0.4 is 15.5 Å². The fourth-order valence-corrected chi connectivity index (χ4v) is 4.31. The molecule has 0 aliphatic heterocycles. The largest absolute Gasteiger partial charge is 0.426 e. The number of rotatable bonds is 8. The first-order valence-corrected chi connectivity index (χ1v) is 13.1. The van der Waals surface area contributed by atoms with E-state index in [2.05, 4.69) is 31.8 Å². The fourth-order valence-electron chi connectivity index (χ4n) is 3.44. The molecule has 0 saturated heterocycles. The highest BCUT2D eigenvalue weighted by molar-refractivity contribution is 9.10. The molecule has 0 bridgehead atoms. The molecular weight excluding hydrogens is 605 g/mol. The predicted octanol–water partition coefficient (Wildman–Crippen LogP) is 6.92. The molecule has 0 fully saturated rings. The summed E-state index contributed by atoms with van der Waals surface area (Å²) < 4.78 is 6.27. The van der Waals surface area contributed by atoms with E-state index in [-0.39, 0.29) is 17.0 Å². The predicted molar refractivity (Wildman–Crippen MR) is 156 cm³/mol. The van der Waals surface area contributed by atoms with Gasteiger partial charge in [-0.3, -0.25) is 14.4 Å². The van der Waals surface area contributed by atoms with E-state index in [0.29, 0.717) is 27.6 Å². The maximum absolute atomic E-state index is 12.6. The van der Waals surface area contributed by atoms with Gasteiger partial charge in [0.1, 0.15) is 5.75 Å². The fraction of sp³-hybridized carbons (Fsp3) is 0.0345. The van der Waals surface area contributed by atoms with Crippen molar-refractivity contribution in [3.8, 4) is 5.75 Å². The van der Waals surface area contributed by atoms with Gasteiger partial charge in [-0.1, -0.05) is 69.5 Å². The molecule has 0 unspecified atom stereocenters. The summed E-state index contributed by atoms with van der Waals surface area (Å²) in [6.07, 6.45) is 1.51. The van der Waals surface area contributed by atoms with Gasteiger partial charge >= 0.3 is 5.97 Å². The second-order valence-corrected chi connectivity index (χ2v) is 9.93. The number of nitrogens with zero attached hydrogens (tertiary/aromatic N) is 1. The quantitative estimate of drug-likeness (QED) is 0.0962. The number of esters is 1. The molecule has 0 heterocycles. The normalized spacial score (nSPS) is 10.7. The van der Waals surface area contributed by atoms with Gasteiger partial charge in [-0.15, -0.1) is 0 Å². The Hall–Kier alpha value is -3.98. The summed E-state index contributed by atoms with van der Waals surface area (Å²) in [5, 5.41) is 7.38. The first-order valence-electron chi connectivity index (χ1n) is 11.5. The van der Waals surface area contributed by atoms with Gasteiger partial charge < -0.3 is 10.1 Å². The molecule has 4 aromatic rings. The third-order valence-electron chi connectivity index (χ3n) is 5.34. The van der Waals surface area contributed by atoms with Crippen LogP contribution in [0, 0.1) is 0 Å². The molecule has 10 heteroatoms. The number of halogens is 3. The second-order valence-electron chi connectivity index (χ2n) is 8.17. The lowest BCUT2D eigenvalue weighted by Gasteiger charge is -2.09. The van der Waals surface area contributed by atoms with Crippen molar-refractivity contribution in [2.75, 3.05) is 5.32 Å². The van der Waals surface area contributed by atoms with Gasteiger partial charge in [0.05, 0.1) is 23.2 Å². The van der Waals surface area contributed by atoms with Crippen molar-refractivity contribution in [2.24, 2.45) is 5.10 Å². The van der Waals surface area contributed by atoms with Crippen LogP contribution in [0.15, 0.2) is 101 Å². The monoisotopic (exact) mass is 623 g/mol. The maximum Gasteiger partial charge on any atom is 0.315 e. The minimum Gasteiger partial charge on any atom is -0.426 e. The Kier molecular flexibility index (Phi) is 9.49. The van der Waals surface area contributed by atoms with Crippen molar-refractivity contribution in [2.45, 2.75) is 6.42 Å². The first-order chi connectivity index (χ1) is 18.8. The van der Waals surface area contributed by atoms with E-state index in [1.54, 1.807) is 48.5 Å². The van der Waals surface area contributed by atoms with Gasteiger partial charge in [-0.05, 0) is 66.2 Å². The molecule has 2 N–H and O–H groups in total. The van der Waals surface area contributed by atoms with E-state index >= 15 is 0 Å². The van der Waals surface area contributed by atoms with Crippen molar-refractivity contribution in [1.82, 2.24) is 5.43 Å². The van der Waals surface area contributed by atoms with Gasteiger partial charge in [0.15, 0.2) is 0 Å². The van der Waals surface area contributed by atoms with Crippen molar-refractivity contribution >= 4 is 68.8 Å². The van der Waals surface area contributed by atoms with E-state index in [9.17, 15) is 14.4 Å². The van der Waals surface area contributed by atoms with Gasteiger partial charge in [0, 0.05) is 26.3 Å². The number of hydrazone groups is 1. The number of amides is 2. The Balaban J connectivity index is 1.36. The number of anilines is 1. The molecule has 2 amide bonds. The highest BCUT2D eigenvalue weighted by Crippen LogP contribution is 2.23. The first kappa shape index (κ1) is 28.0. The smallest absolute Gasteiger partial charge is 0.315 e. The highest BCUT2D eigenvalue weighted by Gasteiger charge is 2.13. The van der Waals surface area contributed by atoms with Crippen LogP contribution in [0.2, 0.25) is 10.0 Å². The summed E-state index contributed by atoms with van der Waals surface area (Å²) in [5.41, 5.74) is 4.83. The minimum absolute atomic E-state index is 0.118. The molecule has 196 valence electrons. The summed E-state index contributed by atoms with van der Waals surface area (Å²) in [6.45, 7) is 0. The van der Waals surface area contributed by atoms with E-state index in [1.807, 2.05) is 30.3 Å². The average molecular weight is 625 g/mol. The number of carbonyl (C=O) groups is 3. The highest BCUT2D eigenvalue weighted by atomic mass is 79.9. The van der Waals surface area contributed by atoms with E-state index in [0.717, 1.165) is 10.0 Å². The minimum atomic E-state index is -0.470. The molecule has 0 atom stereocenters. The molecule has 0 aromatic heterocycles. The lowest BCUT2D eigenvalue weighted by atomic mass is 10.1. The standard InChI is InChI=1S/C29H20BrCl2N3O4/c30-21-8-13-26(39-27(36)14-18-4-2-1-3-5-18)20(15-21)17-33-35-28(37)19-6-10-23(11-7-19)34-29(38)24-12-9-22(31)16-25(24)32/h1-13,15-17H,14H2,(H,34,38)(H,35,37)/b33-17-. The Morgan fingerprint density at radius 1 is 0.872 bits per heavy atom. The number of ether oxygens (including phenoxy) is 1. The van der Waals surface area contributed by atoms with Crippen LogP contribution in [0.3, 0.4) is 0 Å². The van der Waals surface area contributed by atoms with E-state index in [4.69, 9.17) is 27.9 Å². The van der Waals surface area contributed by atoms with Crippen molar-refractivity contribution in [1.29, 1.82) is 0 Å². The van der Waals surface area contributed by atoms with Crippen LogP contribution in [0.1, 0.15) is 31.8 Å². The molecule has 0 aliphatic carbocycles.